The number of aliphatic hydroxyl groups is 1. The Morgan fingerprint density at radius 3 is 2.37 bits per heavy atom. The first kappa shape index (κ1) is 26.5. The summed E-state index contributed by atoms with van der Waals surface area (Å²) < 4.78 is 38.7. The van der Waals surface area contributed by atoms with E-state index in [4.69, 9.17) is 9.62 Å². The van der Waals surface area contributed by atoms with E-state index in [-0.39, 0.29) is 24.3 Å². The number of halogens is 1. The van der Waals surface area contributed by atoms with Crippen molar-refractivity contribution in [3.05, 3.63) is 77.5 Å². The Morgan fingerprint density at radius 1 is 1.14 bits per heavy atom. The van der Waals surface area contributed by atoms with Gasteiger partial charge in [0, 0.05) is 24.1 Å². The van der Waals surface area contributed by atoms with Gasteiger partial charge in [-0.15, -0.1) is 0 Å². The first-order valence-corrected chi connectivity index (χ1v) is 13.1. The van der Waals surface area contributed by atoms with Gasteiger partial charge in [-0.25, -0.2) is 9.07 Å². The van der Waals surface area contributed by atoms with Gasteiger partial charge in [0.1, 0.15) is 5.82 Å². The highest BCUT2D eigenvalue weighted by Crippen LogP contribution is 2.49. The van der Waals surface area contributed by atoms with E-state index in [9.17, 15) is 18.9 Å². The summed E-state index contributed by atoms with van der Waals surface area (Å²) in [5.74, 6) is 0.488. The minimum atomic E-state index is -3.46. The van der Waals surface area contributed by atoms with Crippen LogP contribution in [0, 0.1) is 5.82 Å². The molecule has 0 saturated carbocycles. The highest BCUT2D eigenvalue weighted by atomic mass is 31.2. The van der Waals surface area contributed by atoms with E-state index >= 15 is 0 Å². The maximum absolute atomic E-state index is 13.7. The standard InChI is InChI=1S/C26H30FN2O5P/c1-18(2)25-23(14-15-35(32,34-4)17-22(30)16-24(31)33-3)26(19-10-12-20(27)13-11-19)29(28-25)21-8-6-5-7-9-21/h5-15,18,22,30H,16-17H2,1-4H3/b15-14+. The van der Waals surface area contributed by atoms with Gasteiger partial charge in [-0.05, 0) is 48.4 Å². The van der Waals surface area contributed by atoms with Crippen LogP contribution in [0.25, 0.3) is 23.0 Å². The number of rotatable bonds is 10. The average Bonchev–Trinajstić information content (AvgIpc) is 3.23. The fraction of sp³-hybridized carbons (Fsp3) is 0.308. The van der Waals surface area contributed by atoms with Gasteiger partial charge in [0.2, 0.25) is 7.37 Å². The maximum atomic E-state index is 13.7. The van der Waals surface area contributed by atoms with Gasteiger partial charge < -0.3 is 14.4 Å². The molecule has 1 N–H and O–H groups in total. The van der Waals surface area contributed by atoms with Crippen LogP contribution in [0.1, 0.15) is 37.4 Å². The van der Waals surface area contributed by atoms with Crippen molar-refractivity contribution >= 4 is 19.4 Å². The molecular formula is C26H30FN2O5P. The summed E-state index contributed by atoms with van der Waals surface area (Å²) in [5.41, 5.74) is 3.70. The Bertz CT molecular complexity index is 1220. The zero-order valence-electron chi connectivity index (χ0n) is 20.2. The lowest BCUT2D eigenvalue weighted by Gasteiger charge is -2.16. The molecule has 3 aromatic rings. The molecule has 9 heteroatoms. The van der Waals surface area contributed by atoms with Gasteiger partial charge in [0.25, 0.3) is 0 Å². The minimum absolute atomic E-state index is 0.0191. The molecule has 1 aromatic heterocycles. The van der Waals surface area contributed by atoms with E-state index in [1.165, 1.54) is 32.2 Å². The van der Waals surface area contributed by atoms with Crippen LogP contribution in [-0.2, 0) is 18.6 Å². The normalized spacial score (nSPS) is 14.3. The fourth-order valence-corrected chi connectivity index (χ4v) is 5.18. The number of aromatic nitrogens is 2. The van der Waals surface area contributed by atoms with Crippen LogP contribution in [0.3, 0.4) is 0 Å². The van der Waals surface area contributed by atoms with Crippen LogP contribution < -0.4 is 0 Å². The maximum Gasteiger partial charge on any atom is 0.308 e. The van der Waals surface area contributed by atoms with Crippen molar-refractivity contribution in [2.45, 2.75) is 32.3 Å². The largest absolute Gasteiger partial charge is 0.469 e. The number of ether oxygens (including phenoxy) is 1. The van der Waals surface area contributed by atoms with Crippen molar-refractivity contribution in [1.29, 1.82) is 0 Å². The van der Waals surface area contributed by atoms with Crippen LogP contribution in [0.5, 0.6) is 0 Å². The number of nitrogens with zero attached hydrogens (tertiary/aromatic N) is 2. The summed E-state index contributed by atoms with van der Waals surface area (Å²) >= 11 is 0. The van der Waals surface area contributed by atoms with Gasteiger partial charge in [0.15, 0.2) is 0 Å². The predicted octanol–water partition coefficient (Wildman–Crippen LogP) is 5.62. The highest BCUT2D eigenvalue weighted by Gasteiger charge is 2.26. The van der Waals surface area contributed by atoms with E-state index in [1.807, 2.05) is 44.2 Å². The zero-order valence-corrected chi connectivity index (χ0v) is 21.1. The van der Waals surface area contributed by atoms with E-state index in [0.29, 0.717) is 11.3 Å². The molecule has 2 aromatic carbocycles. The fourth-order valence-electron chi connectivity index (χ4n) is 3.70. The molecule has 0 aliphatic rings. The molecule has 0 saturated heterocycles. The Morgan fingerprint density at radius 2 is 1.80 bits per heavy atom. The smallest absolute Gasteiger partial charge is 0.308 e. The van der Waals surface area contributed by atoms with Gasteiger partial charge >= 0.3 is 5.97 Å². The Labute approximate surface area is 204 Å². The third kappa shape index (κ3) is 6.54. The predicted molar refractivity (Wildman–Crippen MR) is 134 cm³/mol. The van der Waals surface area contributed by atoms with Crippen molar-refractivity contribution in [1.82, 2.24) is 9.78 Å². The molecule has 7 nitrogen and oxygen atoms in total. The van der Waals surface area contributed by atoms with E-state index in [2.05, 4.69) is 4.74 Å². The third-order valence-electron chi connectivity index (χ3n) is 5.49. The number of hydrogen-bond acceptors (Lipinski definition) is 6. The zero-order chi connectivity index (χ0) is 25.6. The minimum Gasteiger partial charge on any atom is -0.469 e. The number of para-hydroxylation sites is 1. The lowest BCUT2D eigenvalue weighted by molar-refractivity contribution is -0.142. The topological polar surface area (TPSA) is 90.7 Å². The van der Waals surface area contributed by atoms with Gasteiger partial charge in [-0.1, -0.05) is 32.0 Å². The first-order valence-electron chi connectivity index (χ1n) is 11.2. The quantitative estimate of drug-likeness (QED) is 0.287. The van der Waals surface area contributed by atoms with Crippen LogP contribution in [0.15, 0.2) is 60.4 Å². The van der Waals surface area contributed by atoms with Crippen molar-refractivity contribution < 1.29 is 28.1 Å². The summed E-state index contributed by atoms with van der Waals surface area (Å²) in [5, 5.41) is 15.1. The van der Waals surface area contributed by atoms with Crippen molar-refractivity contribution in [3.63, 3.8) is 0 Å². The molecule has 186 valence electrons. The summed E-state index contributed by atoms with van der Waals surface area (Å²) in [7, 11) is -0.935. The molecule has 3 rings (SSSR count). The second-order valence-corrected chi connectivity index (χ2v) is 10.9. The number of benzene rings is 2. The summed E-state index contributed by atoms with van der Waals surface area (Å²) in [4.78, 5) is 11.5. The van der Waals surface area contributed by atoms with Crippen molar-refractivity contribution in [2.24, 2.45) is 0 Å². The number of carbonyl (C=O) groups is 1. The van der Waals surface area contributed by atoms with Crippen molar-refractivity contribution in [2.75, 3.05) is 20.4 Å². The lowest BCUT2D eigenvalue weighted by Crippen LogP contribution is -2.18. The summed E-state index contributed by atoms with van der Waals surface area (Å²) in [6, 6.07) is 15.6. The summed E-state index contributed by atoms with van der Waals surface area (Å²) in [6.07, 6.45) is -0.0478. The second kappa shape index (κ2) is 11.6. The Kier molecular flexibility index (Phi) is 8.78. The molecule has 0 radical (unpaired) electrons. The van der Waals surface area contributed by atoms with Crippen molar-refractivity contribution in [3.8, 4) is 16.9 Å². The number of carbonyl (C=O) groups excluding carboxylic acids is 1. The molecule has 2 unspecified atom stereocenters. The molecule has 2 atom stereocenters. The SMILES string of the molecule is COC(=O)CC(O)CP(=O)(/C=C/c1c(C(C)C)nn(-c2ccccc2)c1-c1ccc(F)cc1)OC. The molecule has 0 aliphatic carbocycles. The van der Waals surface area contributed by atoms with Gasteiger partial charge in [-0.3, -0.25) is 9.36 Å². The summed E-state index contributed by atoms with van der Waals surface area (Å²) in [6.45, 7) is 4.00. The monoisotopic (exact) mass is 500 g/mol. The Hall–Kier alpha value is -3.06. The molecule has 0 aliphatic heterocycles. The molecule has 35 heavy (non-hydrogen) atoms. The number of aliphatic hydroxyl groups excluding tert-OH is 1. The van der Waals surface area contributed by atoms with Crippen LogP contribution in [0.2, 0.25) is 0 Å². The van der Waals surface area contributed by atoms with Crippen LogP contribution in [0.4, 0.5) is 4.39 Å². The first-order chi connectivity index (χ1) is 16.7. The Balaban J connectivity index is 2.13. The molecule has 0 fully saturated rings. The van der Waals surface area contributed by atoms with Gasteiger partial charge in [-0.2, -0.15) is 5.10 Å². The van der Waals surface area contributed by atoms with E-state index in [1.54, 1.807) is 22.9 Å². The molecule has 1 heterocycles. The molecule has 0 bridgehead atoms. The van der Waals surface area contributed by atoms with Gasteiger partial charge in [0.05, 0.1) is 42.9 Å². The third-order valence-corrected chi connectivity index (χ3v) is 7.64. The lowest BCUT2D eigenvalue weighted by atomic mass is 10.00. The highest BCUT2D eigenvalue weighted by molar-refractivity contribution is 7.62. The van der Waals surface area contributed by atoms with Crippen LogP contribution in [-0.4, -0.2) is 47.3 Å². The number of hydrogen-bond donors (Lipinski definition) is 1. The average molecular weight is 501 g/mol. The molecule has 0 spiro atoms. The number of esters is 1. The van der Waals surface area contributed by atoms with E-state index in [0.717, 1.165) is 16.9 Å². The number of methoxy groups -OCH3 is 1. The molecule has 0 amide bonds. The van der Waals surface area contributed by atoms with E-state index < -0.39 is 19.4 Å². The second-order valence-electron chi connectivity index (χ2n) is 8.40. The van der Waals surface area contributed by atoms with Crippen LogP contribution >= 0.6 is 7.37 Å². The molecular weight excluding hydrogens is 470 g/mol.